The van der Waals surface area contributed by atoms with Crippen molar-refractivity contribution in [1.29, 1.82) is 0 Å². The summed E-state index contributed by atoms with van der Waals surface area (Å²) < 4.78 is 0. The van der Waals surface area contributed by atoms with E-state index in [1.807, 2.05) is 12.1 Å². The SMILES string of the molecule is CC(C)(C)CCc1ccc(N)cc1. The lowest BCUT2D eigenvalue weighted by Gasteiger charge is -2.17. The van der Waals surface area contributed by atoms with Crippen LogP contribution in [0.1, 0.15) is 32.8 Å². The Morgan fingerprint density at radius 3 is 2.08 bits per heavy atom. The van der Waals surface area contributed by atoms with Crippen LogP contribution >= 0.6 is 0 Å². The molecule has 0 radical (unpaired) electrons. The van der Waals surface area contributed by atoms with Crippen LogP contribution in [-0.4, -0.2) is 0 Å². The van der Waals surface area contributed by atoms with E-state index in [0.29, 0.717) is 5.41 Å². The zero-order valence-corrected chi connectivity index (χ0v) is 8.80. The van der Waals surface area contributed by atoms with Gasteiger partial charge >= 0.3 is 0 Å². The monoisotopic (exact) mass is 177 g/mol. The van der Waals surface area contributed by atoms with Gasteiger partial charge in [-0.1, -0.05) is 32.9 Å². The molecule has 1 heteroatoms. The van der Waals surface area contributed by atoms with E-state index in [1.165, 1.54) is 12.0 Å². The Morgan fingerprint density at radius 1 is 1.08 bits per heavy atom. The molecule has 1 aromatic rings. The van der Waals surface area contributed by atoms with E-state index in [9.17, 15) is 0 Å². The van der Waals surface area contributed by atoms with Crippen LogP contribution in [0.4, 0.5) is 5.69 Å². The smallest absolute Gasteiger partial charge is 0.0314 e. The van der Waals surface area contributed by atoms with Gasteiger partial charge in [0.05, 0.1) is 0 Å². The molecule has 1 rings (SSSR count). The maximum Gasteiger partial charge on any atom is 0.0314 e. The van der Waals surface area contributed by atoms with Crippen LogP contribution in [0.2, 0.25) is 0 Å². The summed E-state index contributed by atoms with van der Waals surface area (Å²) >= 11 is 0. The fourth-order valence-electron chi connectivity index (χ4n) is 1.20. The maximum absolute atomic E-state index is 5.61. The minimum absolute atomic E-state index is 0.418. The van der Waals surface area contributed by atoms with Crippen molar-refractivity contribution >= 4 is 5.69 Å². The van der Waals surface area contributed by atoms with Crippen molar-refractivity contribution in [1.82, 2.24) is 0 Å². The summed E-state index contributed by atoms with van der Waals surface area (Å²) in [6, 6.07) is 8.16. The van der Waals surface area contributed by atoms with Crippen molar-refractivity contribution in [3.8, 4) is 0 Å². The van der Waals surface area contributed by atoms with Gasteiger partial charge in [-0.25, -0.2) is 0 Å². The quantitative estimate of drug-likeness (QED) is 0.689. The van der Waals surface area contributed by atoms with Crippen LogP contribution in [0.25, 0.3) is 0 Å². The third-order valence-corrected chi connectivity index (χ3v) is 2.14. The van der Waals surface area contributed by atoms with Crippen LogP contribution in [0.5, 0.6) is 0 Å². The Balaban J connectivity index is 2.51. The summed E-state index contributed by atoms with van der Waals surface area (Å²) in [4.78, 5) is 0. The lowest BCUT2D eigenvalue weighted by atomic mass is 9.89. The van der Waals surface area contributed by atoms with Crippen molar-refractivity contribution in [2.45, 2.75) is 33.6 Å². The molecule has 0 bridgehead atoms. The zero-order valence-electron chi connectivity index (χ0n) is 8.80. The number of nitrogen functional groups attached to an aromatic ring is 1. The molecule has 0 saturated heterocycles. The molecule has 0 amide bonds. The highest BCUT2D eigenvalue weighted by atomic mass is 14.5. The molecule has 0 atom stereocenters. The van der Waals surface area contributed by atoms with E-state index >= 15 is 0 Å². The molecule has 72 valence electrons. The van der Waals surface area contributed by atoms with E-state index in [4.69, 9.17) is 5.73 Å². The molecule has 0 saturated carbocycles. The van der Waals surface area contributed by atoms with E-state index in [2.05, 4.69) is 32.9 Å². The molecule has 0 aliphatic carbocycles. The highest BCUT2D eigenvalue weighted by molar-refractivity contribution is 5.39. The minimum atomic E-state index is 0.418. The molecular formula is C12H19N. The number of anilines is 1. The fourth-order valence-corrected chi connectivity index (χ4v) is 1.20. The number of aryl methyl sites for hydroxylation is 1. The molecule has 0 unspecified atom stereocenters. The van der Waals surface area contributed by atoms with Crippen LogP contribution in [0.3, 0.4) is 0 Å². The van der Waals surface area contributed by atoms with E-state index in [1.54, 1.807) is 0 Å². The summed E-state index contributed by atoms with van der Waals surface area (Å²) in [5.41, 5.74) is 8.25. The van der Waals surface area contributed by atoms with Crippen molar-refractivity contribution < 1.29 is 0 Å². The lowest BCUT2D eigenvalue weighted by Crippen LogP contribution is -2.06. The first kappa shape index (κ1) is 10.1. The summed E-state index contributed by atoms with van der Waals surface area (Å²) in [6.45, 7) is 6.80. The molecule has 0 fully saturated rings. The maximum atomic E-state index is 5.61. The van der Waals surface area contributed by atoms with E-state index < -0.39 is 0 Å². The first-order valence-corrected chi connectivity index (χ1v) is 4.82. The average molecular weight is 177 g/mol. The Labute approximate surface area is 81.0 Å². The van der Waals surface area contributed by atoms with E-state index in [-0.39, 0.29) is 0 Å². The average Bonchev–Trinajstić information content (AvgIpc) is 2.02. The normalized spacial score (nSPS) is 11.6. The molecule has 0 heterocycles. The summed E-state index contributed by atoms with van der Waals surface area (Å²) in [5, 5.41) is 0. The van der Waals surface area contributed by atoms with Crippen molar-refractivity contribution in [2.75, 3.05) is 5.73 Å². The second-order valence-electron chi connectivity index (χ2n) is 4.80. The number of hydrogen-bond acceptors (Lipinski definition) is 1. The molecule has 1 nitrogen and oxygen atoms in total. The van der Waals surface area contributed by atoms with Gasteiger partial charge in [0.2, 0.25) is 0 Å². The van der Waals surface area contributed by atoms with Gasteiger partial charge in [0.1, 0.15) is 0 Å². The van der Waals surface area contributed by atoms with Crippen molar-refractivity contribution in [3.63, 3.8) is 0 Å². The Morgan fingerprint density at radius 2 is 1.62 bits per heavy atom. The number of benzene rings is 1. The lowest BCUT2D eigenvalue weighted by molar-refractivity contribution is 0.378. The predicted octanol–water partition coefficient (Wildman–Crippen LogP) is 3.25. The molecule has 0 aliphatic rings. The first-order chi connectivity index (χ1) is 5.97. The Kier molecular flexibility index (Phi) is 2.97. The van der Waals surface area contributed by atoms with Gasteiger partial charge in [-0.3, -0.25) is 0 Å². The zero-order chi connectivity index (χ0) is 9.90. The highest BCUT2D eigenvalue weighted by Gasteiger charge is 2.09. The second-order valence-corrected chi connectivity index (χ2v) is 4.80. The summed E-state index contributed by atoms with van der Waals surface area (Å²) in [6.07, 6.45) is 2.36. The molecule has 1 aromatic carbocycles. The third kappa shape index (κ3) is 3.97. The van der Waals surface area contributed by atoms with Gasteiger partial charge in [0, 0.05) is 5.69 Å². The largest absolute Gasteiger partial charge is 0.399 e. The standard InChI is InChI=1S/C12H19N/c1-12(2,3)9-8-10-4-6-11(13)7-5-10/h4-7H,8-9,13H2,1-3H3. The first-order valence-electron chi connectivity index (χ1n) is 4.82. The molecule has 13 heavy (non-hydrogen) atoms. The van der Waals surface area contributed by atoms with Gasteiger partial charge in [-0.15, -0.1) is 0 Å². The molecule has 0 aliphatic heterocycles. The van der Waals surface area contributed by atoms with Gasteiger partial charge < -0.3 is 5.73 Å². The van der Waals surface area contributed by atoms with Crippen molar-refractivity contribution in [3.05, 3.63) is 29.8 Å². The molecular weight excluding hydrogens is 158 g/mol. The van der Waals surface area contributed by atoms with Gasteiger partial charge in [0.15, 0.2) is 0 Å². The summed E-state index contributed by atoms with van der Waals surface area (Å²) in [5.74, 6) is 0. The number of hydrogen-bond donors (Lipinski definition) is 1. The topological polar surface area (TPSA) is 26.0 Å². The molecule has 2 N–H and O–H groups in total. The number of nitrogens with two attached hydrogens (primary N) is 1. The Bertz CT molecular complexity index is 253. The van der Waals surface area contributed by atoms with Gasteiger partial charge in [0.25, 0.3) is 0 Å². The third-order valence-electron chi connectivity index (χ3n) is 2.14. The van der Waals surface area contributed by atoms with Crippen LogP contribution in [0, 0.1) is 5.41 Å². The summed E-state index contributed by atoms with van der Waals surface area (Å²) in [7, 11) is 0. The Hall–Kier alpha value is -0.980. The van der Waals surface area contributed by atoms with Crippen LogP contribution in [-0.2, 0) is 6.42 Å². The van der Waals surface area contributed by atoms with E-state index in [0.717, 1.165) is 12.1 Å². The second kappa shape index (κ2) is 3.82. The predicted molar refractivity (Wildman–Crippen MR) is 58.6 cm³/mol. The van der Waals surface area contributed by atoms with Gasteiger partial charge in [-0.2, -0.15) is 0 Å². The molecule has 0 aromatic heterocycles. The van der Waals surface area contributed by atoms with Crippen molar-refractivity contribution in [2.24, 2.45) is 5.41 Å². The highest BCUT2D eigenvalue weighted by Crippen LogP contribution is 2.21. The molecule has 0 spiro atoms. The number of rotatable bonds is 2. The van der Waals surface area contributed by atoms with Crippen LogP contribution in [0.15, 0.2) is 24.3 Å². The van der Waals surface area contributed by atoms with Gasteiger partial charge in [-0.05, 0) is 36.0 Å². The fraction of sp³-hybridized carbons (Fsp3) is 0.500. The minimum Gasteiger partial charge on any atom is -0.399 e. The van der Waals surface area contributed by atoms with Crippen LogP contribution < -0.4 is 5.73 Å².